The molecule has 1 atom stereocenters. The van der Waals surface area contributed by atoms with E-state index in [0.717, 1.165) is 0 Å². The van der Waals surface area contributed by atoms with Crippen molar-refractivity contribution in [2.45, 2.75) is 6.42 Å². The highest BCUT2D eigenvalue weighted by molar-refractivity contribution is 7.86. The van der Waals surface area contributed by atoms with Crippen LogP contribution < -0.4 is 14.4 Å². The Kier molecular flexibility index (Phi) is 3.99. The molecule has 10 nitrogen and oxygen atoms in total. The molecule has 1 aliphatic rings. The molecule has 1 aliphatic heterocycles. The molecule has 0 radical (unpaired) electrons. The molecule has 0 aliphatic carbocycles. The maximum atomic E-state index is 12.8. The van der Waals surface area contributed by atoms with Crippen molar-refractivity contribution in [2.75, 3.05) is 31.4 Å². The fourth-order valence-electron chi connectivity index (χ4n) is 2.59. The summed E-state index contributed by atoms with van der Waals surface area (Å²) in [7, 11) is -1.82. The van der Waals surface area contributed by atoms with Gasteiger partial charge in [0.05, 0.1) is 26.2 Å². The smallest absolute Gasteiger partial charge is 0.319 e. The molecule has 0 aromatic carbocycles. The Balaban J connectivity index is 1.96. The molecule has 1 fully saturated rings. The first-order valence-electron chi connectivity index (χ1n) is 6.89. The first-order chi connectivity index (χ1) is 11.3. The average Bonchev–Trinajstić information content (AvgIpc) is 3.08. The zero-order chi connectivity index (χ0) is 17.5. The molecule has 0 bridgehead atoms. The molecule has 1 amide bonds. The van der Waals surface area contributed by atoms with Gasteiger partial charge in [-0.25, -0.2) is 0 Å². The normalized spacial score (nSPS) is 18.4. The van der Waals surface area contributed by atoms with Crippen molar-refractivity contribution in [3.63, 3.8) is 0 Å². The summed E-state index contributed by atoms with van der Waals surface area (Å²) in [4.78, 5) is 21.5. The lowest BCUT2D eigenvalue weighted by Crippen LogP contribution is -2.26. The topological polar surface area (TPSA) is 116 Å². The van der Waals surface area contributed by atoms with E-state index >= 15 is 0 Å². The molecule has 3 rings (SSSR count). The van der Waals surface area contributed by atoms with E-state index in [2.05, 4.69) is 15.1 Å². The van der Waals surface area contributed by atoms with Crippen LogP contribution in [0.2, 0.25) is 0 Å². The first-order valence-corrected chi connectivity index (χ1v) is 8.44. The van der Waals surface area contributed by atoms with E-state index in [9.17, 15) is 17.1 Å². The van der Waals surface area contributed by atoms with Crippen LogP contribution in [0.4, 0.5) is 9.83 Å². The zero-order valence-corrected chi connectivity index (χ0v) is 13.7. The summed E-state index contributed by atoms with van der Waals surface area (Å²) < 4.78 is 45.9. The average molecular weight is 359 g/mol. The Bertz CT molecular complexity index is 858. The highest BCUT2D eigenvalue weighted by atomic mass is 32.3. The molecule has 24 heavy (non-hydrogen) atoms. The Morgan fingerprint density at radius 1 is 1.38 bits per heavy atom. The van der Waals surface area contributed by atoms with Gasteiger partial charge in [-0.05, 0) is 0 Å². The monoisotopic (exact) mass is 359 g/mol. The van der Waals surface area contributed by atoms with Crippen LogP contribution in [0.1, 0.15) is 6.42 Å². The lowest BCUT2D eigenvalue weighted by Gasteiger charge is -2.10. The first kappa shape index (κ1) is 16.4. The summed E-state index contributed by atoms with van der Waals surface area (Å²) in [5.74, 6) is -1.38. The third-order valence-corrected chi connectivity index (χ3v) is 4.44. The number of fused-ring (bicyclic) bond motifs is 1. The predicted molar refractivity (Wildman–Crippen MR) is 79.2 cm³/mol. The Labute approximate surface area is 136 Å². The van der Waals surface area contributed by atoms with Gasteiger partial charge in [-0.1, -0.05) is 0 Å². The molecular weight excluding hydrogens is 345 g/mol. The number of rotatable bonds is 5. The van der Waals surface area contributed by atoms with Gasteiger partial charge in [0, 0.05) is 18.9 Å². The van der Waals surface area contributed by atoms with E-state index in [1.165, 1.54) is 29.8 Å². The number of methoxy groups -OCH3 is 2. The molecule has 1 saturated heterocycles. The van der Waals surface area contributed by atoms with Crippen LogP contribution in [0.3, 0.4) is 0 Å². The molecule has 3 heterocycles. The van der Waals surface area contributed by atoms with E-state index in [-0.39, 0.29) is 36.5 Å². The minimum absolute atomic E-state index is 0.0108. The van der Waals surface area contributed by atoms with Crippen LogP contribution in [0.15, 0.2) is 6.20 Å². The number of halogens is 1. The summed E-state index contributed by atoms with van der Waals surface area (Å²) in [5, 5.41) is 4.16. The number of anilines is 1. The van der Waals surface area contributed by atoms with E-state index in [0.29, 0.717) is 5.75 Å². The highest BCUT2D eigenvalue weighted by Crippen LogP contribution is 2.27. The van der Waals surface area contributed by atoms with Crippen LogP contribution >= 0.6 is 0 Å². The summed E-state index contributed by atoms with van der Waals surface area (Å²) >= 11 is 0. The summed E-state index contributed by atoms with van der Waals surface area (Å²) in [6.07, 6.45) is 1.31. The predicted octanol–water partition coefficient (Wildman–Crippen LogP) is -0.206. The largest absolute Gasteiger partial charge is 0.491 e. The second-order valence-corrected chi connectivity index (χ2v) is 6.65. The van der Waals surface area contributed by atoms with Crippen molar-refractivity contribution in [3.05, 3.63) is 6.20 Å². The number of ether oxygens (including phenoxy) is 2. The Morgan fingerprint density at radius 2 is 2.12 bits per heavy atom. The van der Waals surface area contributed by atoms with Crippen molar-refractivity contribution in [1.29, 1.82) is 0 Å². The number of amides is 1. The fourth-order valence-corrected chi connectivity index (χ4v) is 3.37. The van der Waals surface area contributed by atoms with Gasteiger partial charge in [-0.3, -0.25) is 9.69 Å². The minimum Gasteiger partial charge on any atom is -0.491 e. The van der Waals surface area contributed by atoms with Crippen LogP contribution in [-0.4, -0.2) is 60.4 Å². The molecule has 12 heteroatoms. The molecule has 0 saturated carbocycles. The van der Waals surface area contributed by atoms with Crippen LogP contribution in [0.5, 0.6) is 11.8 Å². The number of hydrogen-bond donors (Lipinski definition) is 0. The van der Waals surface area contributed by atoms with E-state index in [1.54, 1.807) is 0 Å². The molecule has 2 aromatic rings. The number of carbonyl (C=O) groups excluding carboxylic acids is 1. The lowest BCUT2D eigenvalue weighted by molar-refractivity contribution is -0.117. The quantitative estimate of drug-likeness (QED) is 0.674. The number of nitrogens with zero attached hydrogens (tertiary/aromatic N) is 5. The van der Waals surface area contributed by atoms with Crippen molar-refractivity contribution in [2.24, 2.45) is 5.92 Å². The zero-order valence-electron chi connectivity index (χ0n) is 12.8. The molecule has 2 aromatic heterocycles. The number of hydrogen-bond acceptors (Lipinski definition) is 8. The fraction of sp³-hybridized carbons (Fsp3) is 0.500. The molecule has 0 N–H and O–H groups in total. The Morgan fingerprint density at radius 3 is 2.75 bits per heavy atom. The maximum absolute atomic E-state index is 12.8. The second kappa shape index (κ2) is 5.85. The summed E-state index contributed by atoms with van der Waals surface area (Å²) in [5.41, 5.74) is 0.286. The number of aromatic nitrogens is 4. The van der Waals surface area contributed by atoms with E-state index in [1.807, 2.05) is 0 Å². The molecule has 1 unspecified atom stereocenters. The third-order valence-electron chi connectivity index (χ3n) is 3.57. The third kappa shape index (κ3) is 2.96. The van der Waals surface area contributed by atoms with Gasteiger partial charge in [0.2, 0.25) is 11.6 Å². The van der Waals surface area contributed by atoms with Gasteiger partial charge in [-0.15, -0.1) is 8.98 Å². The van der Waals surface area contributed by atoms with Gasteiger partial charge in [0.25, 0.3) is 5.95 Å². The Hall–Kier alpha value is -2.50. The van der Waals surface area contributed by atoms with Crippen LogP contribution in [-0.2, 0) is 15.0 Å². The van der Waals surface area contributed by atoms with Gasteiger partial charge in [0.1, 0.15) is 0 Å². The van der Waals surface area contributed by atoms with Gasteiger partial charge in [0.15, 0.2) is 5.75 Å². The lowest BCUT2D eigenvalue weighted by atomic mass is 10.1. The van der Waals surface area contributed by atoms with Crippen molar-refractivity contribution >= 4 is 27.7 Å². The molecule has 0 spiro atoms. The molecular formula is C12H14FN5O5S. The van der Waals surface area contributed by atoms with E-state index in [4.69, 9.17) is 9.47 Å². The van der Waals surface area contributed by atoms with Gasteiger partial charge in [-0.2, -0.15) is 22.9 Å². The van der Waals surface area contributed by atoms with Crippen LogP contribution in [0, 0.1) is 5.92 Å². The van der Waals surface area contributed by atoms with Crippen molar-refractivity contribution in [1.82, 2.24) is 19.6 Å². The minimum atomic E-state index is -4.66. The number of carbonyl (C=O) groups is 1. The highest BCUT2D eigenvalue weighted by Gasteiger charge is 2.36. The van der Waals surface area contributed by atoms with Crippen molar-refractivity contribution < 1.29 is 26.6 Å². The van der Waals surface area contributed by atoms with Gasteiger partial charge < -0.3 is 9.47 Å². The van der Waals surface area contributed by atoms with E-state index < -0.39 is 21.9 Å². The van der Waals surface area contributed by atoms with Crippen molar-refractivity contribution in [3.8, 4) is 11.8 Å². The standard InChI is InChI=1S/C12H14FN5O5S/c1-22-8-4-14-12(23-2)18-10(8)15-11(16-18)17-5-7(3-9(17)19)6-24(13,20)21/h4,7H,3,5-6H2,1-2H3. The van der Waals surface area contributed by atoms with Gasteiger partial charge >= 0.3 is 16.2 Å². The SMILES string of the molecule is COc1cnc(OC)n2nc(N3CC(CS(=O)(=O)F)CC3=O)nc12. The summed E-state index contributed by atoms with van der Waals surface area (Å²) in [6, 6.07) is 0.138. The molecule has 130 valence electrons. The summed E-state index contributed by atoms with van der Waals surface area (Å²) in [6.45, 7) is 0.0108. The maximum Gasteiger partial charge on any atom is 0.319 e. The van der Waals surface area contributed by atoms with Crippen LogP contribution in [0.25, 0.3) is 5.65 Å². The second-order valence-electron chi connectivity index (χ2n) is 5.24.